The van der Waals surface area contributed by atoms with Crippen LogP contribution in [0.3, 0.4) is 0 Å². The number of hydrogen-bond acceptors (Lipinski definition) is 6. The van der Waals surface area contributed by atoms with Crippen LogP contribution in [0.2, 0.25) is 0 Å². The molecule has 4 fully saturated rings. The first-order valence-electron chi connectivity index (χ1n) is 14.2. The van der Waals surface area contributed by atoms with Gasteiger partial charge in [-0.2, -0.15) is 13.2 Å². The number of methoxy groups -OCH3 is 1. The molecule has 2 aromatic carbocycles. The molecule has 8 nitrogen and oxygen atoms in total. The van der Waals surface area contributed by atoms with E-state index in [1.165, 1.54) is 56.7 Å². The molecule has 42 heavy (non-hydrogen) atoms. The van der Waals surface area contributed by atoms with Gasteiger partial charge in [0, 0.05) is 6.04 Å². The van der Waals surface area contributed by atoms with Gasteiger partial charge in [0.15, 0.2) is 24.7 Å². The first-order chi connectivity index (χ1) is 20.0. The average molecular weight is 589 g/mol. The van der Waals surface area contributed by atoms with Crippen LogP contribution in [0.25, 0.3) is 0 Å². The second kappa shape index (κ2) is 11.9. The van der Waals surface area contributed by atoms with Gasteiger partial charge in [0.05, 0.1) is 23.9 Å². The Hall–Kier alpha value is -3.76. The van der Waals surface area contributed by atoms with Crippen molar-refractivity contribution in [1.82, 2.24) is 5.32 Å². The van der Waals surface area contributed by atoms with Crippen molar-refractivity contribution in [2.24, 2.45) is 23.2 Å². The summed E-state index contributed by atoms with van der Waals surface area (Å²) in [4.78, 5) is 37.6. The number of amides is 2. The van der Waals surface area contributed by atoms with Crippen molar-refractivity contribution in [1.29, 1.82) is 0 Å². The minimum Gasteiger partial charge on any atom is -0.493 e. The zero-order valence-corrected chi connectivity index (χ0v) is 23.6. The van der Waals surface area contributed by atoms with Gasteiger partial charge in [-0.25, -0.2) is 4.79 Å². The molecule has 1 atom stereocenters. The van der Waals surface area contributed by atoms with E-state index in [0.717, 1.165) is 49.1 Å². The number of carbonyl (C=O) groups is 3. The van der Waals surface area contributed by atoms with E-state index in [1.807, 2.05) is 0 Å². The molecule has 6 rings (SSSR count). The van der Waals surface area contributed by atoms with E-state index < -0.39 is 36.8 Å². The summed E-state index contributed by atoms with van der Waals surface area (Å²) >= 11 is 0. The highest BCUT2D eigenvalue weighted by Crippen LogP contribution is 2.61. The van der Waals surface area contributed by atoms with Gasteiger partial charge in [-0.3, -0.25) is 9.59 Å². The molecule has 2 amide bonds. The number of alkyl halides is 3. The molecule has 0 spiro atoms. The molecule has 4 aliphatic rings. The van der Waals surface area contributed by atoms with Crippen molar-refractivity contribution >= 4 is 23.5 Å². The van der Waals surface area contributed by atoms with Crippen molar-refractivity contribution in [3.8, 4) is 11.5 Å². The summed E-state index contributed by atoms with van der Waals surface area (Å²) in [5.74, 6) is 0.576. The highest BCUT2D eigenvalue weighted by atomic mass is 19.4. The molecule has 0 heterocycles. The predicted molar refractivity (Wildman–Crippen MR) is 147 cm³/mol. The summed E-state index contributed by atoms with van der Waals surface area (Å²) < 4.78 is 55.5. The van der Waals surface area contributed by atoms with Gasteiger partial charge in [-0.1, -0.05) is 12.1 Å². The summed E-state index contributed by atoms with van der Waals surface area (Å²) in [6.07, 6.45) is 2.76. The van der Waals surface area contributed by atoms with E-state index in [4.69, 9.17) is 14.2 Å². The van der Waals surface area contributed by atoms with Crippen molar-refractivity contribution in [2.75, 3.05) is 25.6 Å². The zero-order chi connectivity index (χ0) is 30.1. The van der Waals surface area contributed by atoms with E-state index in [2.05, 4.69) is 17.6 Å². The van der Waals surface area contributed by atoms with Crippen LogP contribution in [0, 0.1) is 23.2 Å². The van der Waals surface area contributed by atoms with Crippen LogP contribution in [-0.4, -0.2) is 44.1 Å². The van der Waals surface area contributed by atoms with Crippen LogP contribution in [-0.2, 0) is 20.5 Å². The van der Waals surface area contributed by atoms with Gasteiger partial charge in [-0.15, -0.1) is 0 Å². The monoisotopic (exact) mass is 588 g/mol. The molecule has 4 bridgehead atoms. The lowest BCUT2D eigenvalue weighted by Crippen LogP contribution is -2.56. The highest BCUT2D eigenvalue weighted by molar-refractivity contribution is 5.93. The van der Waals surface area contributed by atoms with Gasteiger partial charge < -0.3 is 24.8 Å². The lowest BCUT2D eigenvalue weighted by molar-refractivity contribution is -0.137. The third-order valence-electron chi connectivity index (χ3n) is 8.98. The number of hydrogen-bond donors (Lipinski definition) is 2. The third-order valence-corrected chi connectivity index (χ3v) is 8.98. The third kappa shape index (κ3) is 6.50. The Bertz CT molecular complexity index is 1310. The molecule has 0 aliphatic heterocycles. The highest BCUT2D eigenvalue weighted by Gasteiger charge is 2.53. The van der Waals surface area contributed by atoms with Gasteiger partial charge >= 0.3 is 12.1 Å². The fourth-order valence-electron chi connectivity index (χ4n) is 7.44. The molecule has 0 aromatic heterocycles. The maximum absolute atomic E-state index is 13.2. The number of benzene rings is 2. The molecular weight excluding hydrogens is 553 g/mol. The molecule has 0 saturated heterocycles. The number of ether oxygens (including phenoxy) is 3. The second-order valence-electron chi connectivity index (χ2n) is 11.9. The first kappa shape index (κ1) is 29.7. The lowest BCUT2D eigenvalue weighted by atomic mass is 9.48. The minimum atomic E-state index is -4.63. The molecule has 2 N–H and O–H groups in total. The Balaban J connectivity index is 1.12. The molecule has 0 radical (unpaired) electrons. The normalized spacial score (nSPS) is 24.9. The lowest BCUT2D eigenvalue weighted by Gasteiger charge is -2.59. The predicted octanol–water partition coefficient (Wildman–Crippen LogP) is 5.61. The topological polar surface area (TPSA) is 103 Å². The van der Waals surface area contributed by atoms with Crippen LogP contribution in [0.4, 0.5) is 18.9 Å². The van der Waals surface area contributed by atoms with Gasteiger partial charge in [0.2, 0.25) is 0 Å². The summed E-state index contributed by atoms with van der Waals surface area (Å²) in [6, 6.07) is 8.71. The van der Waals surface area contributed by atoms with E-state index >= 15 is 0 Å². The summed E-state index contributed by atoms with van der Waals surface area (Å²) in [5, 5.41) is 5.27. The van der Waals surface area contributed by atoms with Gasteiger partial charge in [-0.05, 0) is 98.9 Å². The molecular formula is C31H35F3N2O6. The van der Waals surface area contributed by atoms with E-state index in [9.17, 15) is 27.6 Å². The minimum absolute atomic E-state index is 0.00719. The number of carbonyl (C=O) groups excluding carboxylic acids is 3. The summed E-state index contributed by atoms with van der Waals surface area (Å²) in [7, 11) is 1.33. The number of anilines is 1. The van der Waals surface area contributed by atoms with Crippen molar-refractivity contribution in [3.63, 3.8) is 0 Å². The molecule has 226 valence electrons. The summed E-state index contributed by atoms with van der Waals surface area (Å²) in [6.45, 7) is 1.04. The molecule has 2 aromatic rings. The standard InChI is InChI=1S/C31H35F3N2O6/c1-18(30-13-19-9-20(14-30)11-21(10-19)15-30)35-27(37)17-42-29(39)22-7-8-25(26(12-22)40-2)41-16-28(38)36-24-6-4-3-5-23(24)31(32,33)34/h3-8,12,18-21H,9-11,13-17H2,1-2H3,(H,35,37)(H,36,38)/t18-,19?,20?,21?,30?/m1/s1. The Morgan fingerprint density at radius 3 is 2.19 bits per heavy atom. The molecule has 4 saturated carbocycles. The SMILES string of the molecule is COc1cc(C(=O)OCC(=O)N[C@H](C)C23CC4CC(CC(C4)C2)C3)ccc1OCC(=O)Nc1ccccc1C(F)(F)F. The van der Waals surface area contributed by atoms with E-state index in [0.29, 0.717) is 0 Å². The van der Waals surface area contributed by atoms with Crippen molar-refractivity contribution in [3.05, 3.63) is 53.6 Å². The van der Waals surface area contributed by atoms with Crippen molar-refractivity contribution < 1.29 is 41.8 Å². The number of esters is 1. The summed E-state index contributed by atoms with van der Waals surface area (Å²) in [5.41, 5.74) is -1.13. The average Bonchev–Trinajstić information content (AvgIpc) is 2.93. The molecule has 11 heteroatoms. The molecule has 0 unspecified atom stereocenters. The van der Waals surface area contributed by atoms with E-state index in [-0.39, 0.29) is 40.1 Å². The van der Waals surface area contributed by atoms with Gasteiger partial charge in [0.1, 0.15) is 0 Å². The number of para-hydroxylation sites is 1. The Kier molecular flexibility index (Phi) is 8.39. The first-order valence-corrected chi connectivity index (χ1v) is 14.2. The molecule has 4 aliphatic carbocycles. The maximum atomic E-state index is 13.2. The smallest absolute Gasteiger partial charge is 0.418 e. The Morgan fingerprint density at radius 1 is 0.929 bits per heavy atom. The van der Waals surface area contributed by atoms with Crippen LogP contribution >= 0.6 is 0 Å². The number of nitrogens with one attached hydrogen (secondary N) is 2. The quantitative estimate of drug-likeness (QED) is 0.350. The fourth-order valence-corrected chi connectivity index (χ4v) is 7.44. The maximum Gasteiger partial charge on any atom is 0.418 e. The fraction of sp³-hybridized carbons (Fsp3) is 0.516. The Labute approximate surface area is 242 Å². The van der Waals surface area contributed by atoms with Crippen LogP contribution < -0.4 is 20.1 Å². The largest absolute Gasteiger partial charge is 0.493 e. The zero-order valence-electron chi connectivity index (χ0n) is 23.6. The Morgan fingerprint density at radius 2 is 1.57 bits per heavy atom. The van der Waals surface area contributed by atoms with Gasteiger partial charge in [0.25, 0.3) is 11.8 Å². The van der Waals surface area contributed by atoms with E-state index in [1.54, 1.807) is 0 Å². The number of halogens is 3. The second-order valence-corrected chi connectivity index (χ2v) is 11.9. The van der Waals surface area contributed by atoms with Crippen LogP contribution in [0.15, 0.2) is 42.5 Å². The van der Waals surface area contributed by atoms with Crippen LogP contribution in [0.1, 0.15) is 61.4 Å². The number of rotatable bonds is 10. The van der Waals surface area contributed by atoms with Crippen LogP contribution in [0.5, 0.6) is 11.5 Å². The van der Waals surface area contributed by atoms with Crippen molar-refractivity contribution in [2.45, 2.75) is 57.7 Å².